The lowest BCUT2D eigenvalue weighted by Crippen LogP contribution is -2.34. The molecule has 0 aromatic carbocycles. The predicted molar refractivity (Wildman–Crippen MR) is 344 cm³/mol. The van der Waals surface area contributed by atoms with E-state index in [0.29, 0.717) is 0 Å². The van der Waals surface area contributed by atoms with Gasteiger partial charge in [-0.25, -0.2) is 0 Å². The summed E-state index contributed by atoms with van der Waals surface area (Å²) in [6, 6.07) is 0. The van der Waals surface area contributed by atoms with E-state index in [0.717, 1.165) is 13.1 Å². The van der Waals surface area contributed by atoms with Gasteiger partial charge < -0.3 is 53.9 Å². The monoisotopic (exact) mass is 1080 g/mol. The molecule has 0 aliphatic carbocycles. The molecule has 0 spiro atoms. The summed E-state index contributed by atoms with van der Waals surface area (Å²) in [6.45, 7) is 38.6. The fourth-order valence-corrected chi connectivity index (χ4v) is 10.1. The molecule has 452 valence electrons. The van der Waals surface area contributed by atoms with E-state index in [1.165, 1.54) is 246 Å². The van der Waals surface area contributed by atoms with Crippen molar-refractivity contribution < 1.29 is 0 Å². The van der Waals surface area contributed by atoms with E-state index in [4.69, 9.17) is 0 Å². The Labute approximate surface area is 481 Å². The highest BCUT2D eigenvalue weighted by atomic mass is 15.2. The van der Waals surface area contributed by atoms with E-state index in [-0.39, 0.29) is 0 Å². The zero-order chi connectivity index (χ0) is 57.1. The van der Waals surface area contributed by atoms with Gasteiger partial charge in [-0.2, -0.15) is 0 Å². The van der Waals surface area contributed by atoms with Crippen LogP contribution < -0.4 is 0 Å². The van der Waals surface area contributed by atoms with Crippen LogP contribution in [0.3, 0.4) is 0 Å². The number of likely N-dealkylation sites (N-methyl/N-ethyl adjacent to an activating group) is 6. The minimum atomic E-state index is 1.14. The van der Waals surface area contributed by atoms with Crippen LogP contribution in [0, 0.1) is 0 Å². The van der Waals surface area contributed by atoms with Gasteiger partial charge >= 0.3 is 0 Å². The topological polar surface area (TPSA) is 35.6 Å². The maximum atomic E-state index is 2.42. The zero-order valence-electron chi connectivity index (χ0n) is 54.6. The molecular weight excluding hydrogens is 947 g/mol. The quantitative estimate of drug-likeness (QED) is 0.218. The Bertz CT molecular complexity index is 1510. The second-order valence-electron chi connectivity index (χ2n) is 25.2. The molecule has 0 amide bonds. The highest BCUT2D eigenvalue weighted by molar-refractivity contribution is 5.03. The third-order valence-electron chi connectivity index (χ3n) is 16.4. The standard InChI is InChI=1S/3C9H17N.2C8H18N2.2C8H15N.C7H16N2/c1-9-5-3-7-10(2)8-4-6-9;2*1-9-5-3-4-7-10(2)8-6-9;1-9-5-3-7-10(2)8-4-6-9;1-9-5-3-4-6-10(2)8-7-9;2*1-8-4-3-6-9(2)7-5-8;1-8-4-3-5-9(2)7-6-8/h5H,3-4,6-8H2,1-2H3;6H,3-5,7-8H2,1-2H3;5H,3-4,6-8H2,1-2H3;2*3-8H2,1-2H3;5H,3-4,6-7H2,1-2H3;4H,3,5-7H2,1-2H3;3-7H2,1-2H3/b9-5-;9-6-;9-5-;;;;;. The van der Waals surface area contributed by atoms with E-state index < -0.39 is 0 Å². The molecule has 11 nitrogen and oxygen atoms in total. The molecule has 0 aromatic heterocycles. The van der Waals surface area contributed by atoms with Crippen molar-refractivity contribution in [3.8, 4) is 0 Å². The molecule has 0 radical (unpaired) electrons. The van der Waals surface area contributed by atoms with Crippen LogP contribution in [0.15, 0.2) is 58.2 Å². The van der Waals surface area contributed by atoms with Gasteiger partial charge in [0.25, 0.3) is 0 Å². The molecule has 3 fully saturated rings. The predicted octanol–water partition coefficient (Wildman–Crippen LogP) is 11.0. The van der Waals surface area contributed by atoms with Crippen LogP contribution in [0.2, 0.25) is 0 Å². The first-order valence-electron chi connectivity index (χ1n) is 31.6. The number of allylic oxidation sites excluding steroid dienone is 4. The highest BCUT2D eigenvalue weighted by Crippen LogP contribution is 2.13. The minimum Gasteiger partial charge on any atom is -0.306 e. The summed E-state index contributed by atoms with van der Waals surface area (Å²) in [4.78, 5) is 26.4. The average Bonchev–Trinajstić information content (AvgIpc) is 3.79. The van der Waals surface area contributed by atoms with E-state index >= 15 is 0 Å². The Morgan fingerprint density at radius 3 is 0.870 bits per heavy atom. The molecule has 8 heterocycles. The molecule has 0 bridgehead atoms. The second kappa shape index (κ2) is 47.9. The van der Waals surface area contributed by atoms with Crippen molar-refractivity contribution in [2.45, 2.75) is 150 Å². The first-order valence-corrected chi connectivity index (χ1v) is 31.6. The summed E-state index contributed by atoms with van der Waals surface area (Å²) in [5.74, 6) is 0. The molecule has 0 unspecified atom stereocenters. The van der Waals surface area contributed by atoms with Gasteiger partial charge in [0, 0.05) is 65.4 Å². The lowest BCUT2D eigenvalue weighted by Gasteiger charge is -2.25. The van der Waals surface area contributed by atoms with Crippen molar-refractivity contribution in [2.24, 2.45) is 0 Å². The van der Waals surface area contributed by atoms with Gasteiger partial charge in [-0.3, -0.25) is 0 Å². The molecule has 8 rings (SSSR count). The number of nitrogens with zero attached hydrogens (tertiary/aromatic N) is 11. The summed E-state index contributed by atoms with van der Waals surface area (Å²) < 4.78 is 0. The van der Waals surface area contributed by atoms with Crippen molar-refractivity contribution in [2.75, 3.05) is 222 Å². The van der Waals surface area contributed by atoms with Crippen LogP contribution >= 0.6 is 0 Å². The van der Waals surface area contributed by atoms with Crippen LogP contribution in [0.4, 0.5) is 0 Å². The molecule has 8 aliphatic rings. The number of hydrogen-bond donors (Lipinski definition) is 0. The Kier molecular flexibility index (Phi) is 45.5. The van der Waals surface area contributed by atoms with Crippen molar-refractivity contribution in [1.82, 2.24) is 53.9 Å². The number of hydrogen-bond acceptors (Lipinski definition) is 11. The van der Waals surface area contributed by atoms with Crippen LogP contribution in [-0.2, 0) is 0 Å². The van der Waals surface area contributed by atoms with Gasteiger partial charge in [0.2, 0.25) is 0 Å². The third-order valence-corrected chi connectivity index (χ3v) is 16.4. The zero-order valence-corrected chi connectivity index (χ0v) is 54.6. The fraction of sp³-hybridized carbons (Fsp3) is 0.848. The highest BCUT2D eigenvalue weighted by Gasteiger charge is 2.09. The maximum Gasteiger partial charge on any atom is 0.0162 e. The Morgan fingerprint density at radius 2 is 0.442 bits per heavy atom. The van der Waals surface area contributed by atoms with Gasteiger partial charge in [-0.05, 0) is 306 Å². The Hall–Kier alpha value is -1.74. The first kappa shape index (κ1) is 73.3. The first-order chi connectivity index (χ1) is 36.8. The third kappa shape index (κ3) is 46.6. The summed E-state index contributed by atoms with van der Waals surface area (Å²) in [5, 5.41) is 0. The molecule has 3 saturated heterocycles. The van der Waals surface area contributed by atoms with Gasteiger partial charge in [-0.1, -0.05) is 58.2 Å². The molecule has 11 heteroatoms. The molecular formula is C66H133N11. The maximum absolute atomic E-state index is 2.42. The number of rotatable bonds is 0. The van der Waals surface area contributed by atoms with Gasteiger partial charge in [-0.15, -0.1) is 0 Å². The summed E-state index contributed by atoms with van der Waals surface area (Å²) in [5.41, 5.74) is 7.81. The van der Waals surface area contributed by atoms with Crippen molar-refractivity contribution >= 4 is 0 Å². The normalized spacial score (nSPS) is 26.2. The van der Waals surface area contributed by atoms with Crippen LogP contribution in [-0.4, -0.2) is 275 Å². The van der Waals surface area contributed by atoms with E-state index in [1.807, 2.05) is 0 Å². The van der Waals surface area contributed by atoms with Gasteiger partial charge in [0.05, 0.1) is 0 Å². The lowest BCUT2D eigenvalue weighted by atomic mass is 10.1. The van der Waals surface area contributed by atoms with Crippen LogP contribution in [0.25, 0.3) is 0 Å². The molecule has 0 N–H and O–H groups in total. The smallest absolute Gasteiger partial charge is 0.0162 e. The molecule has 0 atom stereocenters. The van der Waals surface area contributed by atoms with Gasteiger partial charge in [0.15, 0.2) is 0 Å². The second-order valence-corrected chi connectivity index (χ2v) is 25.2. The molecule has 8 aliphatic heterocycles. The summed E-state index contributed by atoms with van der Waals surface area (Å²) >= 11 is 0. The van der Waals surface area contributed by atoms with E-state index in [1.54, 1.807) is 27.9 Å². The summed E-state index contributed by atoms with van der Waals surface area (Å²) in [7, 11) is 24.2. The SMILES string of the molecule is C/C1=C/CCCN(C)CC1.C/C1=C/CCN(C)CCC1.C/C1=C/CN(C)CCCC1.CC1=CCCN(C)CC1.CC1=CCN(C)CCC1.CN1CCCCN(C)CC1.CN1CCCN(C)CC1.CN1CCCN(C)CCC1. The van der Waals surface area contributed by atoms with Crippen molar-refractivity contribution in [3.63, 3.8) is 0 Å². The average molecular weight is 1080 g/mol. The molecule has 77 heavy (non-hydrogen) atoms. The Balaban J connectivity index is 0.000000440. The molecule has 0 saturated carbocycles. The van der Waals surface area contributed by atoms with Crippen LogP contribution in [0.1, 0.15) is 150 Å². The van der Waals surface area contributed by atoms with Crippen molar-refractivity contribution in [3.05, 3.63) is 58.2 Å². The van der Waals surface area contributed by atoms with Crippen molar-refractivity contribution in [1.29, 1.82) is 0 Å². The van der Waals surface area contributed by atoms with Gasteiger partial charge in [0.1, 0.15) is 0 Å². The largest absolute Gasteiger partial charge is 0.306 e. The minimum absolute atomic E-state index is 1.14. The van der Waals surface area contributed by atoms with Crippen LogP contribution in [0.5, 0.6) is 0 Å². The molecule has 0 aromatic rings. The Morgan fingerprint density at radius 1 is 0.195 bits per heavy atom. The summed E-state index contributed by atoms with van der Waals surface area (Å²) in [6.07, 6.45) is 35.4. The van der Waals surface area contributed by atoms with E-state index in [2.05, 4.69) is 196 Å². The lowest BCUT2D eigenvalue weighted by molar-refractivity contribution is 0.222. The van der Waals surface area contributed by atoms with E-state index in [9.17, 15) is 0 Å². The fourth-order valence-electron chi connectivity index (χ4n) is 10.1.